The van der Waals surface area contributed by atoms with Gasteiger partial charge in [0, 0.05) is 24.7 Å². The van der Waals surface area contributed by atoms with Crippen molar-refractivity contribution in [3.63, 3.8) is 0 Å². The van der Waals surface area contributed by atoms with Gasteiger partial charge in [-0.1, -0.05) is 31.1 Å². The fraction of sp³-hybridized carbons (Fsp3) is 0.609. The van der Waals surface area contributed by atoms with Crippen molar-refractivity contribution in [1.82, 2.24) is 10.2 Å². The summed E-state index contributed by atoms with van der Waals surface area (Å²) in [5.41, 5.74) is 1.27. The van der Waals surface area contributed by atoms with Gasteiger partial charge in [0.05, 0.1) is 11.6 Å². The van der Waals surface area contributed by atoms with Crippen LogP contribution in [0.25, 0.3) is 0 Å². The van der Waals surface area contributed by atoms with Gasteiger partial charge >= 0.3 is 0 Å². The third-order valence-corrected chi connectivity index (χ3v) is 6.28. The van der Waals surface area contributed by atoms with Gasteiger partial charge in [-0.2, -0.15) is 0 Å². The second-order valence-corrected chi connectivity index (χ2v) is 9.29. The maximum atomic E-state index is 11.8. The van der Waals surface area contributed by atoms with E-state index in [0.717, 1.165) is 37.6 Å². The van der Waals surface area contributed by atoms with Crippen molar-refractivity contribution in [1.29, 1.82) is 0 Å². The van der Waals surface area contributed by atoms with E-state index < -0.39 is 0 Å². The number of nitrogens with zero attached hydrogens (tertiary/aromatic N) is 1. The van der Waals surface area contributed by atoms with E-state index in [0.29, 0.717) is 0 Å². The summed E-state index contributed by atoms with van der Waals surface area (Å²) in [6.45, 7) is 8.47. The quantitative estimate of drug-likeness (QED) is 0.823. The maximum Gasteiger partial charge on any atom is 0.244 e. The van der Waals surface area contributed by atoms with E-state index in [1.54, 1.807) is 6.08 Å². The second kappa shape index (κ2) is 6.97. The SMILES string of the molecule is CC(C)Oc1cccc(CN2CC[C@]3(C=CC(=O)N3)CC2(C)CC2CC2)c1. The van der Waals surface area contributed by atoms with E-state index in [4.69, 9.17) is 4.74 Å². The highest BCUT2D eigenvalue weighted by Gasteiger charge is 2.49. The van der Waals surface area contributed by atoms with E-state index >= 15 is 0 Å². The molecule has 1 aromatic rings. The van der Waals surface area contributed by atoms with Crippen molar-refractivity contribution < 1.29 is 9.53 Å². The van der Waals surface area contributed by atoms with E-state index in [1.807, 2.05) is 6.07 Å². The van der Waals surface area contributed by atoms with Crippen LogP contribution in [0, 0.1) is 5.92 Å². The van der Waals surface area contributed by atoms with Crippen LogP contribution < -0.4 is 10.1 Å². The highest BCUT2D eigenvalue weighted by molar-refractivity contribution is 5.91. The van der Waals surface area contributed by atoms with Crippen molar-refractivity contribution in [2.75, 3.05) is 6.54 Å². The van der Waals surface area contributed by atoms with Gasteiger partial charge in [0.1, 0.15) is 5.75 Å². The van der Waals surface area contributed by atoms with Gasteiger partial charge in [-0.05, 0) is 63.6 Å². The molecule has 4 nitrogen and oxygen atoms in total. The van der Waals surface area contributed by atoms with Crippen molar-refractivity contribution in [3.8, 4) is 5.75 Å². The summed E-state index contributed by atoms with van der Waals surface area (Å²) in [7, 11) is 0. The van der Waals surface area contributed by atoms with Gasteiger partial charge in [0.2, 0.25) is 5.91 Å². The molecule has 27 heavy (non-hydrogen) atoms. The highest BCUT2D eigenvalue weighted by atomic mass is 16.5. The smallest absolute Gasteiger partial charge is 0.244 e. The Bertz CT molecular complexity index is 740. The number of benzene rings is 1. The van der Waals surface area contributed by atoms with E-state index in [-0.39, 0.29) is 23.1 Å². The van der Waals surface area contributed by atoms with Crippen LogP contribution in [-0.2, 0) is 11.3 Å². The number of carbonyl (C=O) groups is 1. The minimum atomic E-state index is -0.139. The number of piperidine rings is 1. The number of ether oxygens (including phenoxy) is 1. The molecule has 1 spiro atoms. The lowest BCUT2D eigenvalue weighted by atomic mass is 9.74. The highest BCUT2D eigenvalue weighted by Crippen LogP contribution is 2.46. The lowest BCUT2D eigenvalue weighted by molar-refractivity contribution is -0.118. The Morgan fingerprint density at radius 1 is 1.33 bits per heavy atom. The van der Waals surface area contributed by atoms with Gasteiger partial charge in [-0.3, -0.25) is 9.69 Å². The van der Waals surface area contributed by atoms with Crippen molar-refractivity contribution >= 4 is 5.91 Å². The molecule has 4 rings (SSSR count). The number of likely N-dealkylation sites (tertiary alicyclic amines) is 1. The van der Waals surface area contributed by atoms with Crippen LogP contribution in [0.2, 0.25) is 0 Å². The minimum Gasteiger partial charge on any atom is -0.491 e. The van der Waals surface area contributed by atoms with Crippen LogP contribution in [0.15, 0.2) is 36.4 Å². The molecule has 1 saturated heterocycles. The second-order valence-electron chi connectivity index (χ2n) is 9.29. The normalized spacial score (nSPS) is 30.9. The third-order valence-electron chi connectivity index (χ3n) is 6.28. The van der Waals surface area contributed by atoms with Crippen molar-refractivity contribution in [3.05, 3.63) is 42.0 Å². The summed E-state index contributed by atoms with van der Waals surface area (Å²) in [6.07, 6.45) is 9.95. The largest absolute Gasteiger partial charge is 0.491 e. The maximum absolute atomic E-state index is 11.8. The lowest BCUT2D eigenvalue weighted by Gasteiger charge is -2.52. The first-order valence-corrected chi connectivity index (χ1v) is 10.4. The molecule has 1 saturated carbocycles. The molecule has 1 N–H and O–H groups in total. The van der Waals surface area contributed by atoms with Gasteiger partial charge in [0.25, 0.3) is 0 Å². The van der Waals surface area contributed by atoms with Crippen LogP contribution in [0.4, 0.5) is 0 Å². The van der Waals surface area contributed by atoms with E-state index in [9.17, 15) is 4.79 Å². The molecular formula is C23H32N2O2. The Morgan fingerprint density at radius 2 is 2.15 bits per heavy atom. The first-order chi connectivity index (χ1) is 12.9. The Labute approximate surface area is 163 Å². The molecule has 0 bridgehead atoms. The molecule has 0 aromatic heterocycles. The standard InChI is InChI=1S/C23H32N2O2/c1-17(2)27-20-6-4-5-19(13-20)15-25-12-11-23(10-9-21(26)24-23)16-22(25,3)14-18-7-8-18/h4-6,9-10,13,17-18H,7-8,11-12,14-16H2,1-3H3,(H,24,26)/t22?,23-/m1/s1. The summed E-state index contributed by atoms with van der Waals surface area (Å²) in [6, 6.07) is 8.51. The third kappa shape index (κ3) is 4.21. The van der Waals surface area contributed by atoms with Crippen molar-refractivity contribution in [2.45, 2.75) is 76.6 Å². The molecule has 2 aliphatic heterocycles. The van der Waals surface area contributed by atoms with Gasteiger partial charge in [-0.15, -0.1) is 0 Å². The predicted octanol–water partition coefficient (Wildman–Crippen LogP) is 4.05. The number of amides is 1. The summed E-state index contributed by atoms with van der Waals surface area (Å²) < 4.78 is 5.88. The van der Waals surface area contributed by atoms with E-state index in [1.165, 1.54) is 24.8 Å². The molecule has 1 aliphatic carbocycles. The molecule has 1 unspecified atom stereocenters. The zero-order valence-corrected chi connectivity index (χ0v) is 16.8. The Balaban J connectivity index is 1.52. The lowest BCUT2D eigenvalue weighted by Crippen LogP contribution is -2.61. The molecule has 3 aliphatic rings. The molecule has 4 heteroatoms. The summed E-state index contributed by atoms with van der Waals surface area (Å²) in [4.78, 5) is 14.5. The van der Waals surface area contributed by atoms with Crippen molar-refractivity contribution in [2.24, 2.45) is 5.92 Å². The average molecular weight is 369 g/mol. The molecule has 1 aromatic carbocycles. The molecule has 0 radical (unpaired) electrons. The zero-order valence-electron chi connectivity index (χ0n) is 16.8. The van der Waals surface area contributed by atoms with Crippen LogP contribution in [-0.4, -0.2) is 34.5 Å². The fourth-order valence-corrected chi connectivity index (χ4v) is 4.92. The fourth-order valence-electron chi connectivity index (χ4n) is 4.92. The predicted molar refractivity (Wildman–Crippen MR) is 108 cm³/mol. The first kappa shape index (κ1) is 18.5. The Kier molecular flexibility index (Phi) is 4.79. The van der Waals surface area contributed by atoms with Gasteiger partial charge in [-0.25, -0.2) is 0 Å². The summed E-state index contributed by atoms with van der Waals surface area (Å²) in [5.74, 6) is 1.87. The van der Waals surface area contributed by atoms with E-state index in [2.05, 4.69) is 55.3 Å². The van der Waals surface area contributed by atoms with Crippen LogP contribution in [0.1, 0.15) is 58.4 Å². The van der Waals surface area contributed by atoms with Gasteiger partial charge in [0.15, 0.2) is 0 Å². The zero-order chi connectivity index (χ0) is 19.1. The molecule has 2 atom stereocenters. The number of rotatable bonds is 6. The number of hydrogen-bond acceptors (Lipinski definition) is 3. The molecular weight excluding hydrogens is 336 g/mol. The topological polar surface area (TPSA) is 41.6 Å². The van der Waals surface area contributed by atoms with Gasteiger partial charge < -0.3 is 10.1 Å². The number of carbonyl (C=O) groups excluding carboxylic acids is 1. The Hall–Kier alpha value is -1.81. The molecule has 1 amide bonds. The number of hydrogen-bond donors (Lipinski definition) is 1. The molecule has 2 heterocycles. The minimum absolute atomic E-state index is 0.0655. The van der Waals surface area contributed by atoms with Crippen LogP contribution >= 0.6 is 0 Å². The molecule has 2 fully saturated rings. The average Bonchev–Trinajstić information content (AvgIpc) is 3.32. The van der Waals surface area contributed by atoms with Crippen LogP contribution in [0.5, 0.6) is 5.75 Å². The summed E-state index contributed by atoms with van der Waals surface area (Å²) in [5, 5.41) is 3.24. The van der Waals surface area contributed by atoms with Crippen LogP contribution in [0.3, 0.4) is 0 Å². The molecule has 146 valence electrons. The monoisotopic (exact) mass is 368 g/mol. The number of nitrogens with one attached hydrogen (secondary N) is 1. The summed E-state index contributed by atoms with van der Waals surface area (Å²) >= 11 is 0. The first-order valence-electron chi connectivity index (χ1n) is 10.4. The Morgan fingerprint density at radius 3 is 2.81 bits per heavy atom.